The lowest BCUT2D eigenvalue weighted by Gasteiger charge is -2.26. The van der Waals surface area contributed by atoms with Crippen LogP contribution in [0.2, 0.25) is 0 Å². The first kappa shape index (κ1) is 14.6. The number of nitrogens with zero attached hydrogens (tertiary/aromatic N) is 1. The van der Waals surface area contributed by atoms with Gasteiger partial charge >= 0.3 is 0 Å². The van der Waals surface area contributed by atoms with Gasteiger partial charge in [0.25, 0.3) is 0 Å². The van der Waals surface area contributed by atoms with Crippen molar-refractivity contribution in [3.63, 3.8) is 0 Å². The fraction of sp³-hybridized carbons (Fsp3) is 0.571. The highest BCUT2D eigenvalue weighted by atomic mass is 32.2. The van der Waals surface area contributed by atoms with Crippen LogP contribution in [-0.4, -0.2) is 37.8 Å². The number of rotatable bonds is 6. The van der Waals surface area contributed by atoms with Crippen molar-refractivity contribution in [2.45, 2.75) is 30.8 Å². The van der Waals surface area contributed by atoms with Crippen molar-refractivity contribution in [1.82, 2.24) is 10.2 Å². The van der Waals surface area contributed by atoms with Crippen LogP contribution in [0.15, 0.2) is 29.2 Å². The van der Waals surface area contributed by atoms with Crippen LogP contribution in [0.25, 0.3) is 0 Å². The van der Waals surface area contributed by atoms with Crippen LogP contribution in [0, 0.1) is 0 Å². The molecule has 0 heterocycles. The molecule has 1 aromatic rings. The molecule has 1 N–H and O–H groups in total. The summed E-state index contributed by atoms with van der Waals surface area (Å²) in [6, 6.07) is 9.84. The topological polar surface area (TPSA) is 15.3 Å². The Labute approximate surface area is 110 Å². The lowest BCUT2D eigenvalue weighted by atomic mass is 10.1. The molecule has 0 bridgehead atoms. The van der Waals surface area contributed by atoms with Crippen LogP contribution < -0.4 is 5.32 Å². The molecule has 3 heteroatoms. The lowest BCUT2D eigenvalue weighted by Crippen LogP contribution is -2.34. The standard InChI is InChI=1S/C14H24N2S/c1-11(2)15-10-14(16(3)4)12-6-8-13(17-5)9-7-12/h6-9,11,14-15H,10H2,1-5H3. The van der Waals surface area contributed by atoms with Crippen molar-refractivity contribution < 1.29 is 0 Å². The molecule has 0 aliphatic carbocycles. The van der Waals surface area contributed by atoms with Gasteiger partial charge in [-0.15, -0.1) is 11.8 Å². The maximum absolute atomic E-state index is 3.51. The third-order valence-corrected chi connectivity index (χ3v) is 3.59. The van der Waals surface area contributed by atoms with Gasteiger partial charge in [0.2, 0.25) is 0 Å². The van der Waals surface area contributed by atoms with E-state index in [-0.39, 0.29) is 0 Å². The minimum absolute atomic E-state index is 0.438. The summed E-state index contributed by atoms with van der Waals surface area (Å²) in [4.78, 5) is 3.59. The second kappa shape index (κ2) is 7.04. The molecule has 0 spiro atoms. The summed E-state index contributed by atoms with van der Waals surface area (Å²) < 4.78 is 0. The Morgan fingerprint density at radius 2 is 1.76 bits per heavy atom. The number of hydrogen-bond donors (Lipinski definition) is 1. The first-order valence-corrected chi connectivity index (χ1v) is 7.30. The van der Waals surface area contributed by atoms with Crippen LogP contribution in [-0.2, 0) is 0 Å². The van der Waals surface area contributed by atoms with Crippen molar-refractivity contribution in [3.05, 3.63) is 29.8 Å². The van der Waals surface area contributed by atoms with Crippen molar-refractivity contribution in [2.24, 2.45) is 0 Å². The average Bonchev–Trinajstić information content (AvgIpc) is 2.29. The summed E-state index contributed by atoms with van der Waals surface area (Å²) >= 11 is 1.79. The van der Waals surface area contributed by atoms with Gasteiger partial charge < -0.3 is 10.2 Å². The fourth-order valence-electron chi connectivity index (χ4n) is 1.77. The summed E-state index contributed by atoms with van der Waals surface area (Å²) in [5.41, 5.74) is 1.38. The van der Waals surface area contributed by atoms with Gasteiger partial charge in [-0.25, -0.2) is 0 Å². The zero-order valence-corrected chi connectivity index (χ0v) is 12.3. The molecule has 1 rings (SSSR count). The molecule has 96 valence electrons. The lowest BCUT2D eigenvalue weighted by molar-refractivity contribution is 0.283. The Kier molecular flexibility index (Phi) is 6.03. The number of benzene rings is 1. The highest BCUT2D eigenvalue weighted by molar-refractivity contribution is 7.98. The van der Waals surface area contributed by atoms with Gasteiger partial charge in [-0.1, -0.05) is 26.0 Å². The predicted molar refractivity (Wildman–Crippen MR) is 77.8 cm³/mol. The van der Waals surface area contributed by atoms with E-state index >= 15 is 0 Å². The van der Waals surface area contributed by atoms with Crippen molar-refractivity contribution >= 4 is 11.8 Å². The van der Waals surface area contributed by atoms with Crippen molar-refractivity contribution in [1.29, 1.82) is 0 Å². The van der Waals surface area contributed by atoms with E-state index in [1.807, 2.05) is 0 Å². The minimum atomic E-state index is 0.438. The maximum Gasteiger partial charge on any atom is 0.0466 e. The van der Waals surface area contributed by atoms with E-state index in [4.69, 9.17) is 0 Å². The SMILES string of the molecule is CSc1ccc(C(CNC(C)C)N(C)C)cc1. The van der Waals surface area contributed by atoms with Crippen LogP contribution in [0.5, 0.6) is 0 Å². The zero-order chi connectivity index (χ0) is 12.8. The summed E-state index contributed by atoms with van der Waals surface area (Å²) in [6.45, 7) is 5.36. The molecule has 0 radical (unpaired) electrons. The van der Waals surface area contributed by atoms with Gasteiger partial charge in [0, 0.05) is 23.5 Å². The molecule has 17 heavy (non-hydrogen) atoms. The molecule has 1 aromatic carbocycles. The number of hydrogen-bond acceptors (Lipinski definition) is 3. The van der Waals surface area contributed by atoms with Gasteiger partial charge in [0.05, 0.1) is 0 Å². The van der Waals surface area contributed by atoms with Gasteiger partial charge in [0.1, 0.15) is 0 Å². The average molecular weight is 252 g/mol. The highest BCUT2D eigenvalue weighted by Crippen LogP contribution is 2.21. The highest BCUT2D eigenvalue weighted by Gasteiger charge is 2.13. The van der Waals surface area contributed by atoms with Crippen molar-refractivity contribution in [2.75, 3.05) is 26.9 Å². The molecule has 0 saturated carbocycles. The molecule has 0 aliphatic rings. The Bertz CT molecular complexity index is 319. The van der Waals surface area contributed by atoms with Crippen LogP contribution in [0.3, 0.4) is 0 Å². The molecule has 1 unspecified atom stereocenters. The Morgan fingerprint density at radius 1 is 1.18 bits per heavy atom. The van der Waals surface area contributed by atoms with E-state index in [0.29, 0.717) is 12.1 Å². The van der Waals surface area contributed by atoms with E-state index in [1.54, 1.807) is 11.8 Å². The molecule has 0 amide bonds. The molecule has 1 atom stereocenters. The van der Waals surface area contributed by atoms with E-state index < -0.39 is 0 Å². The zero-order valence-electron chi connectivity index (χ0n) is 11.5. The van der Waals surface area contributed by atoms with Crippen LogP contribution in [0.4, 0.5) is 0 Å². The smallest absolute Gasteiger partial charge is 0.0466 e. The largest absolute Gasteiger partial charge is 0.313 e. The first-order chi connectivity index (χ1) is 8.04. The third-order valence-electron chi connectivity index (χ3n) is 2.84. The predicted octanol–water partition coefficient (Wildman–Crippen LogP) is 3.01. The first-order valence-electron chi connectivity index (χ1n) is 6.08. The maximum atomic E-state index is 3.51. The summed E-state index contributed by atoms with van der Waals surface area (Å²) in [5, 5.41) is 3.51. The van der Waals surface area contributed by atoms with E-state index in [9.17, 15) is 0 Å². The quantitative estimate of drug-likeness (QED) is 0.784. The Hall–Kier alpha value is -0.510. The molecule has 0 aromatic heterocycles. The second-order valence-electron chi connectivity index (χ2n) is 4.82. The van der Waals surface area contributed by atoms with Gasteiger partial charge in [0.15, 0.2) is 0 Å². The second-order valence-corrected chi connectivity index (χ2v) is 5.70. The molecule has 0 saturated heterocycles. The third kappa shape index (κ3) is 4.70. The molecular weight excluding hydrogens is 228 g/mol. The number of nitrogens with one attached hydrogen (secondary N) is 1. The van der Waals surface area contributed by atoms with E-state index in [2.05, 4.69) is 68.7 Å². The van der Waals surface area contributed by atoms with E-state index in [0.717, 1.165) is 6.54 Å². The van der Waals surface area contributed by atoms with E-state index in [1.165, 1.54) is 10.5 Å². The Morgan fingerprint density at radius 3 is 2.18 bits per heavy atom. The Balaban J connectivity index is 2.74. The van der Waals surface area contributed by atoms with Crippen LogP contribution >= 0.6 is 11.8 Å². The van der Waals surface area contributed by atoms with Crippen LogP contribution in [0.1, 0.15) is 25.5 Å². The monoisotopic (exact) mass is 252 g/mol. The van der Waals surface area contributed by atoms with Gasteiger partial charge in [-0.2, -0.15) is 0 Å². The molecule has 0 aliphatic heterocycles. The fourth-order valence-corrected chi connectivity index (χ4v) is 2.18. The van der Waals surface area contributed by atoms with Crippen molar-refractivity contribution in [3.8, 4) is 0 Å². The molecule has 2 nitrogen and oxygen atoms in total. The normalized spacial score (nSPS) is 13.4. The van der Waals surface area contributed by atoms with Gasteiger partial charge in [-0.3, -0.25) is 0 Å². The molecule has 0 fully saturated rings. The number of thioether (sulfide) groups is 1. The number of likely N-dealkylation sites (N-methyl/N-ethyl adjacent to an activating group) is 1. The molecular formula is C14H24N2S. The summed E-state index contributed by atoms with van der Waals surface area (Å²) in [7, 11) is 4.27. The minimum Gasteiger partial charge on any atom is -0.313 e. The van der Waals surface area contributed by atoms with Gasteiger partial charge in [-0.05, 0) is 38.0 Å². The summed E-state index contributed by atoms with van der Waals surface area (Å²) in [6.07, 6.45) is 2.11. The summed E-state index contributed by atoms with van der Waals surface area (Å²) in [5.74, 6) is 0.